The molecule has 0 aliphatic heterocycles. The van der Waals surface area contributed by atoms with Gasteiger partial charge in [0, 0.05) is 11.3 Å². The first kappa shape index (κ1) is 14.6. The molecule has 106 valence electrons. The molecule has 0 unspecified atom stereocenters. The fourth-order valence-corrected chi connectivity index (χ4v) is 1.82. The lowest BCUT2D eigenvalue weighted by molar-refractivity contribution is 0.0996. The largest absolute Gasteiger partial charge is 0.451 e. The number of amides is 1. The topological polar surface area (TPSA) is 42.2 Å². The lowest BCUT2D eigenvalue weighted by Crippen LogP contribution is -2.10. The van der Waals surface area contributed by atoms with Crippen LogP contribution in [0.5, 0.6) is 0 Å². The molecule has 3 nitrogen and oxygen atoms in total. The molecule has 2 rings (SSSR count). The summed E-state index contributed by atoms with van der Waals surface area (Å²) in [5, 5.41) is 2.79. The van der Waals surface area contributed by atoms with Crippen LogP contribution in [0.4, 0.5) is 5.69 Å². The maximum absolute atomic E-state index is 12.1. The number of benzene rings is 1. The van der Waals surface area contributed by atoms with Crippen molar-refractivity contribution in [2.24, 2.45) is 0 Å². The average Bonchev–Trinajstić information content (AvgIpc) is 2.99. The number of furan rings is 1. The van der Waals surface area contributed by atoms with Crippen molar-refractivity contribution in [2.45, 2.75) is 6.92 Å². The second-order valence-corrected chi connectivity index (χ2v) is 4.32. The fourth-order valence-electron chi connectivity index (χ4n) is 1.82. The molecule has 0 atom stereocenters. The van der Waals surface area contributed by atoms with Gasteiger partial charge < -0.3 is 9.73 Å². The zero-order chi connectivity index (χ0) is 15.1. The van der Waals surface area contributed by atoms with Gasteiger partial charge in [-0.25, -0.2) is 0 Å². The van der Waals surface area contributed by atoms with Crippen LogP contribution in [-0.2, 0) is 0 Å². The van der Waals surface area contributed by atoms with Crippen LogP contribution >= 0.6 is 0 Å². The Morgan fingerprint density at radius 1 is 1.14 bits per heavy atom. The van der Waals surface area contributed by atoms with Crippen LogP contribution in [-0.4, -0.2) is 5.91 Å². The molecular weight excluding hydrogens is 262 g/mol. The van der Waals surface area contributed by atoms with E-state index in [1.165, 1.54) is 0 Å². The van der Waals surface area contributed by atoms with Gasteiger partial charge in [0.25, 0.3) is 5.91 Å². The summed E-state index contributed by atoms with van der Waals surface area (Å²) in [6.07, 6.45) is 7.31. The fraction of sp³-hybridized carbons (Fsp3) is 0.0556. The molecule has 0 bridgehead atoms. The van der Waals surface area contributed by atoms with E-state index in [-0.39, 0.29) is 11.7 Å². The van der Waals surface area contributed by atoms with Crippen molar-refractivity contribution in [3.05, 3.63) is 84.9 Å². The zero-order valence-electron chi connectivity index (χ0n) is 11.9. The van der Waals surface area contributed by atoms with E-state index in [9.17, 15) is 4.79 Å². The first-order valence-electron chi connectivity index (χ1n) is 6.66. The van der Waals surface area contributed by atoms with Crippen LogP contribution in [0.25, 0.3) is 5.57 Å². The first-order valence-corrected chi connectivity index (χ1v) is 6.66. The predicted octanol–water partition coefficient (Wildman–Crippen LogP) is 4.68. The Labute approximate surface area is 124 Å². The van der Waals surface area contributed by atoms with Crippen molar-refractivity contribution in [2.75, 3.05) is 5.32 Å². The monoisotopic (exact) mass is 279 g/mol. The molecular formula is C18H17NO2. The highest BCUT2D eigenvalue weighted by Crippen LogP contribution is 2.20. The van der Waals surface area contributed by atoms with Crippen molar-refractivity contribution in [1.82, 2.24) is 0 Å². The van der Waals surface area contributed by atoms with E-state index in [0.29, 0.717) is 5.76 Å². The molecule has 1 aromatic carbocycles. The number of carbonyl (C=O) groups excluding carboxylic acids is 1. The average molecular weight is 279 g/mol. The summed E-state index contributed by atoms with van der Waals surface area (Å²) in [4.78, 5) is 12.1. The summed E-state index contributed by atoms with van der Waals surface area (Å²) in [7, 11) is 0. The van der Waals surface area contributed by atoms with Gasteiger partial charge in [-0.1, -0.05) is 49.1 Å². The third kappa shape index (κ3) is 3.83. The van der Waals surface area contributed by atoms with Crippen molar-refractivity contribution >= 4 is 17.2 Å². The Morgan fingerprint density at radius 3 is 2.52 bits per heavy atom. The zero-order valence-corrected chi connectivity index (χ0v) is 11.9. The number of rotatable bonds is 5. The summed E-state index contributed by atoms with van der Waals surface area (Å²) in [6.45, 7) is 5.54. The van der Waals surface area contributed by atoms with Gasteiger partial charge in [-0.2, -0.15) is 0 Å². The molecule has 0 aliphatic rings. The number of hydrogen-bond donors (Lipinski definition) is 1. The molecule has 1 heterocycles. The quantitative estimate of drug-likeness (QED) is 0.808. The summed E-state index contributed by atoms with van der Waals surface area (Å²) in [5.74, 6) is 0.657. The van der Waals surface area contributed by atoms with E-state index < -0.39 is 0 Å². The molecule has 0 spiro atoms. The molecule has 2 aromatic rings. The van der Waals surface area contributed by atoms with Crippen LogP contribution in [0.3, 0.4) is 0 Å². The molecule has 0 aliphatic carbocycles. The van der Waals surface area contributed by atoms with E-state index in [1.54, 1.807) is 18.2 Å². The molecule has 3 heteroatoms. The van der Waals surface area contributed by atoms with Crippen molar-refractivity contribution in [1.29, 1.82) is 0 Å². The van der Waals surface area contributed by atoms with Gasteiger partial charge in [0.15, 0.2) is 5.76 Å². The summed E-state index contributed by atoms with van der Waals surface area (Å²) in [5.41, 5.74) is 1.63. The van der Waals surface area contributed by atoms with Gasteiger partial charge >= 0.3 is 0 Å². The highest BCUT2D eigenvalue weighted by Gasteiger charge is 2.12. The van der Waals surface area contributed by atoms with Crippen molar-refractivity contribution in [3.63, 3.8) is 0 Å². The Hall–Kier alpha value is -2.81. The molecule has 0 saturated carbocycles. The molecule has 21 heavy (non-hydrogen) atoms. The van der Waals surface area contributed by atoms with Gasteiger partial charge in [-0.3, -0.25) is 4.79 Å². The van der Waals surface area contributed by atoms with E-state index >= 15 is 0 Å². The van der Waals surface area contributed by atoms with Crippen molar-refractivity contribution in [3.8, 4) is 0 Å². The molecule has 0 radical (unpaired) electrons. The Kier molecular flexibility index (Phi) is 4.94. The van der Waals surface area contributed by atoms with Gasteiger partial charge in [-0.05, 0) is 31.2 Å². The second-order valence-electron chi connectivity index (χ2n) is 4.32. The van der Waals surface area contributed by atoms with E-state index in [2.05, 4.69) is 11.9 Å². The van der Waals surface area contributed by atoms with Crippen LogP contribution in [0.1, 0.15) is 23.2 Å². The minimum atomic E-state index is -0.268. The lowest BCUT2D eigenvalue weighted by Gasteiger charge is -2.02. The van der Waals surface area contributed by atoms with E-state index in [0.717, 1.165) is 11.3 Å². The van der Waals surface area contributed by atoms with Crippen molar-refractivity contribution < 1.29 is 9.21 Å². The van der Waals surface area contributed by atoms with Crippen LogP contribution in [0.15, 0.2) is 77.8 Å². The highest BCUT2D eigenvalue weighted by atomic mass is 16.3. The molecule has 0 saturated heterocycles. The maximum Gasteiger partial charge on any atom is 0.291 e. The predicted molar refractivity (Wildman–Crippen MR) is 86.1 cm³/mol. The molecule has 1 N–H and O–H groups in total. The third-order valence-electron chi connectivity index (χ3n) is 2.87. The number of allylic oxidation sites excluding steroid dienone is 5. The lowest BCUT2D eigenvalue weighted by atomic mass is 10.2. The number of hydrogen-bond acceptors (Lipinski definition) is 2. The van der Waals surface area contributed by atoms with E-state index in [4.69, 9.17) is 4.42 Å². The maximum atomic E-state index is 12.1. The third-order valence-corrected chi connectivity index (χ3v) is 2.87. The van der Waals surface area contributed by atoms with E-state index in [1.807, 2.05) is 55.5 Å². The highest BCUT2D eigenvalue weighted by molar-refractivity contribution is 6.02. The summed E-state index contributed by atoms with van der Waals surface area (Å²) >= 11 is 0. The van der Waals surface area contributed by atoms with Gasteiger partial charge in [0.1, 0.15) is 5.76 Å². The molecule has 0 fully saturated rings. The van der Waals surface area contributed by atoms with Gasteiger partial charge in [0.05, 0.1) is 0 Å². The van der Waals surface area contributed by atoms with Crippen LogP contribution in [0.2, 0.25) is 0 Å². The van der Waals surface area contributed by atoms with Gasteiger partial charge in [-0.15, -0.1) is 0 Å². The number of anilines is 1. The SMILES string of the molecule is C=C/C=C\C(=C/C)c1ccc(C(=O)Nc2ccccc2)o1. The number of para-hydroxylation sites is 1. The number of nitrogens with one attached hydrogen (secondary N) is 1. The Balaban J connectivity index is 2.14. The minimum Gasteiger partial charge on any atom is -0.451 e. The normalized spacial score (nSPS) is 11.6. The Bertz CT molecular complexity index is 678. The summed E-state index contributed by atoms with van der Waals surface area (Å²) < 4.78 is 5.60. The molecule has 1 aromatic heterocycles. The Morgan fingerprint density at radius 2 is 1.86 bits per heavy atom. The number of carbonyl (C=O) groups is 1. The molecule has 1 amide bonds. The van der Waals surface area contributed by atoms with Crippen LogP contribution in [0, 0.1) is 0 Å². The standard InChI is InChI=1S/C18H17NO2/c1-3-5-9-14(4-2)16-12-13-17(21-16)18(20)19-15-10-7-6-8-11-15/h3-13H,1H2,2H3,(H,19,20)/b9-5-,14-4+. The smallest absolute Gasteiger partial charge is 0.291 e. The second kappa shape index (κ2) is 7.10. The minimum absolute atomic E-state index is 0.268. The summed E-state index contributed by atoms with van der Waals surface area (Å²) in [6, 6.07) is 12.7. The van der Waals surface area contributed by atoms with Gasteiger partial charge in [0.2, 0.25) is 0 Å². The van der Waals surface area contributed by atoms with Crippen LogP contribution < -0.4 is 5.32 Å². The first-order chi connectivity index (χ1) is 10.2.